The highest BCUT2D eigenvalue weighted by molar-refractivity contribution is 6.30. The average molecular weight is 368 g/mol. The van der Waals surface area contributed by atoms with Crippen LogP contribution in [0.4, 0.5) is 0 Å². The monoisotopic (exact) mass is 367 g/mol. The summed E-state index contributed by atoms with van der Waals surface area (Å²) in [7, 11) is 1.33. The van der Waals surface area contributed by atoms with Gasteiger partial charge in [-0.1, -0.05) is 60.1 Å². The lowest BCUT2D eigenvalue weighted by Crippen LogP contribution is -2.30. The highest BCUT2D eigenvalue weighted by Gasteiger charge is 2.21. The molecule has 0 radical (unpaired) electrons. The fraction of sp³-hybridized carbons (Fsp3) is 0.143. The largest absolute Gasteiger partial charge is 0.469 e. The van der Waals surface area contributed by atoms with Crippen LogP contribution in [0.3, 0.4) is 0 Å². The van der Waals surface area contributed by atoms with Gasteiger partial charge >= 0.3 is 5.97 Å². The van der Waals surface area contributed by atoms with Crippen molar-refractivity contribution in [2.45, 2.75) is 12.5 Å². The van der Waals surface area contributed by atoms with Crippen molar-refractivity contribution in [1.29, 1.82) is 0 Å². The number of rotatable bonds is 5. The first kappa shape index (κ1) is 18.0. The van der Waals surface area contributed by atoms with E-state index < -0.39 is 12.0 Å². The molecule has 0 unspecified atom stereocenters. The van der Waals surface area contributed by atoms with Crippen LogP contribution >= 0.6 is 11.6 Å². The summed E-state index contributed by atoms with van der Waals surface area (Å²) in [6.45, 7) is 0. The first-order valence-electron chi connectivity index (χ1n) is 8.19. The number of ether oxygens (including phenoxy) is 1. The first-order valence-corrected chi connectivity index (χ1v) is 8.57. The van der Waals surface area contributed by atoms with Gasteiger partial charge in [0.2, 0.25) is 0 Å². The van der Waals surface area contributed by atoms with E-state index in [1.165, 1.54) is 7.11 Å². The molecule has 3 aromatic rings. The van der Waals surface area contributed by atoms with Gasteiger partial charge in [0.25, 0.3) is 5.91 Å². The number of esters is 1. The number of nitrogens with one attached hydrogen (secondary N) is 1. The molecule has 0 saturated heterocycles. The van der Waals surface area contributed by atoms with Gasteiger partial charge in [-0.05, 0) is 34.5 Å². The number of methoxy groups -OCH3 is 1. The molecule has 0 aliphatic rings. The molecule has 0 bridgehead atoms. The maximum Gasteiger partial charge on any atom is 0.307 e. The summed E-state index contributed by atoms with van der Waals surface area (Å²) in [4.78, 5) is 24.6. The van der Waals surface area contributed by atoms with Crippen molar-refractivity contribution in [3.63, 3.8) is 0 Å². The summed E-state index contributed by atoms with van der Waals surface area (Å²) in [5.74, 6) is -0.691. The minimum atomic E-state index is -0.514. The normalized spacial score (nSPS) is 11.8. The van der Waals surface area contributed by atoms with Gasteiger partial charge in [0, 0.05) is 10.6 Å². The molecule has 0 fully saturated rings. The molecular weight excluding hydrogens is 350 g/mol. The van der Waals surface area contributed by atoms with E-state index in [0.29, 0.717) is 10.6 Å². The Bertz CT molecular complexity index is 949. The van der Waals surface area contributed by atoms with E-state index in [-0.39, 0.29) is 12.3 Å². The SMILES string of the molecule is COC(=O)C[C@@H](NC(=O)c1cccc(Cl)c1)c1cccc2ccccc12. The molecule has 3 rings (SSSR count). The van der Waals surface area contributed by atoms with Crippen molar-refractivity contribution in [3.8, 4) is 0 Å². The Kier molecular flexibility index (Phi) is 5.54. The van der Waals surface area contributed by atoms with Gasteiger partial charge in [0.1, 0.15) is 0 Å². The Morgan fingerprint density at radius 2 is 1.77 bits per heavy atom. The van der Waals surface area contributed by atoms with Crippen LogP contribution in [0.1, 0.15) is 28.4 Å². The molecule has 3 aromatic carbocycles. The second-order valence-electron chi connectivity index (χ2n) is 5.89. The summed E-state index contributed by atoms with van der Waals surface area (Å²) in [5, 5.41) is 5.44. The van der Waals surface area contributed by atoms with E-state index in [4.69, 9.17) is 16.3 Å². The van der Waals surface area contributed by atoms with Crippen LogP contribution in [-0.2, 0) is 9.53 Å². The maximum absolute atomic E-state index is 12.7. The second-order valence-corrected chi connectivity index (χ2v) is 6.32. The van der Waals surface area contributed by atoms with Crippen LogP contribution < -0.4 is 5.32 Å². The van der Waals surface area contributed by atoms with E-state index >= 15 is 0 Å². The fourth-order valence-electron chi connectivity index (χ4n) is 2.91. The van der Waals surface area contributed by atoms with Crippen molar-refractivity contribution in [2.24, 2.45) is 0 Å². The fourth-order valence-corrected chi connectivity index (χ4v) is 3.10. The predicted octanol–water partition coefficient (Wildman–Crippen LogP) is 4.53. The molecule has 0 aliphatic heterocycles. The number of fused-ring (bicyclic) bond motifs is 1. The van der Waals surface area contributed by atoms with Gasteiger partial charge in [-0.3, -0.25) is 9.59 Å². The number of carbonyl (C=O) groups excluding carboxylic acids is 2. The van der Waals surface area contributed by atoms with Gasteiger partial charge in [0.05, 0.1) is 19.6 Å². The summed E-state index contributed by atoms with van der Waals surface area (Å²) in [6, 6.07) is 19.8. The lowest BCUT2D eigenvalue weighted by atomic mass is 9.96. The van der Waals surface area contributed by atoms with Crippen molar-refractivity contribution in [3.05, 3.63) is 82.9 Å². The summed E-state index contributed by atoms with van der Waals surface area (Å²) in [5.41, 5.74) is 1.30. The lowest BCUT2D eigenvalue weighted by Gasteiger charge is -2.20. The van der Waals surface area contributed by atoms with Crippen LogP contribution in [0, 0.1) is 0 Å². The Morgan fingerprint density at radius 3 is 2.54 bits per heavy atom. The molecule has 0 spiro atoms. The molecule has 26 heavy (non-hydrogen) atoms. The van der Waals surface area contributed by atoms with Crippen molar-refractivity contribution < 1.29 is 14.3 Å². The molecule has 0 aliphatic carbocycles. The maximum atomic E-state index is 12.7. The zero-order valence-electron chi connectivity index (χ0n) is 14.2. The zero-order valence-corrected chi connectivity index (χ0v) is 15.0. The van der Waals surface area contributed by atoms with E-state index in [1.54, 1.807) is 24.3 Å². The van der Waals surface area contributed by atoms with Crippen LogP contribution in [0.15, 0.2) is 66.7 Å². The molecule has 1 N–H and O–H groups in total. The number of benzene rings is 3. The smallest absolute Gasteiger partial charge is 0.307 e. The molecule has 4 nitrogen and oxygen atoms in total. The third-order valence-corrected chi connectivity index (χ3v) is 4.42. The van der Waals surface area contributed by atoms with Crippen molar-refractivity contribution in [2.75, 3.05) is 7.11 Å². The Balaban J connectivity index is 1.97. The Hall–Kier alpha value is -2.85. The predicted molar refractivity (Wildman–Crippen MR) is 102 cm³/mol. The summed E-state index contributed by atoms with van der Waals surface area (Å²) >= 11 is 5.97. The molecular formula is C21H18ClNO3. The highest BCUT2D eigenvalue weighted by atomic mass is 35.5. The lowest BCUT2D eigenvalue weighted by molar-refractivity contribution is -0.141. The quantitative estimate of drug-likeness (QED) is 0.674. The highest BCUT2D eigenvalue weighted by Crippen LogP contribution is 2.27. The van der Waals surface area contributed by atoms with Gasteiger partial charge in [0.15, 0.2) is 0 Å². The van der Waals surface area contributed by atoms with Crippen LogP contribution in [0.2, 0.25) is 5.02 Å². The summed E-state index contributed by atoms with van der Waals surface area (Å²) < 4.78 is 4.81. The molecule has 1 amide bonds. The molecule has 0 heterocycles. The number of hydrogen-bond acceptors (Lipinski definition) is 3. The Labute approximate surface area is 156 Å². The van der Waals surface area contributed by atoms with Gasteiger partial charge < -0.3 is 10.1 Å². The first-order chi connectivity index (χ1) is 12.6. The van der Waals surface area contributed by atoms with Crippen LogP contribution in [-0.4, -0.2) is 19.0 Å². The van der Waals surface area contributed by atoms with E-state index in [2.05, 4.69) is 5.32 Å². The third kappa shape index (κ3) is 4.03. The van der Waals surface area contributed by atoms with E-state index in [9.17, 15) is 9.59 Å². The molecule has 132 valence electrons. The van der Waals surface area contributed by atoms with Gasteiger partial charge in [-0.15, -0.1) is 0 Å². The number of hydrogen-bond donors (Lipinski definition) is 1. The molecule has 0 saturated carbocycles. The van der Waals surface area contributed by atoms with E-state index in [1.807, 2.05) is 42.5 Å². The third-order valence-electron chi connectivity index (χ3n) is 4.19. The Morgan fingerprint density at radius 1 is 1.04 bits per heavy atom. The summed E-state index contributed by atoms with van der Waals surface area (Å²) in [6.07, 6.45) is 0.0385. The van der Waals surface area contributed by atoms with Crippen LogP contribution in [0.5, 0.6) is 0 Å². The topological polar surface area (TPSA) is 55.4 Å². The van der Waals surface area contributed by atoms with Gasteiger partial charge in [-0.25, -0.2) is 0 Å². The number of amides is 1. The molecule has 5 heteroatoms. The minimum Gasteiger partial charge on any atom is -0.469 e. The molecule has 0 aromatic heterocycles. The number of halogens is 1. The van der Waals surface area contributed by atoms with Gasteiger partial charge in [-0.2, -0.15) is 0 Å². The van der Waals surface area contributed by atoms with E-state index in [0.717, 1.165) is 16.3 Å². The average Bonchev–Trinajstić information content (AvgIpc) is 2.66. The molecule has 1 atom stereocenters. The van der Waals surface area contributed by atoms with Crippen LogP contribution in [0.25, 0.3) is 10.8 Å². The minimum absolute atomic E-state index is 0.0385. The second kappa shape index (κ2) is 8.02. The van der Waals surface area contributed by atoms with Crippen molar-refractivity contribution >= 4 is 34.2 Å². The zero-order chi connectivity index (χ0) is 18.5. The van der Waals surface area contributed by atoms with Crippen molar-refractivity contribution in [1.82, 2.24) is 5.32 Å². The number of carbonyl (C=O) groups is 2. The standard InChI is InChI=1S/C21H18ClNO3/c1-26-20(24)13-19(23-21(25)15-8-4-9-16(22)12-15)18-11-5-7-14-6-2-3-10-17(14)18/h2-12,19H,13H2,1H3,(H,23,25)/t19-/m1/s1.